The third-order valence-corrected chi connectivity index (χ3v) is 6.07. The number of nitro groups is 1. The van der Waals surface area contributed by atoms with Gasteiger partial charge in [-0.1, -0.05) is 24.3 Å². The number of alkyl halides is 2. The molecule has 26 heavy (non-hydrogen) atoms. The number of rotatable bonds is 5. The van der Waals surface area contributed by atoms with Crippen molar-refractivity contribution in [3.8, 4) is 0 Å². The van der Waals surface area contributed by atoms with E-state index in [4.69, 9.17) is 0 Å². The van der Waals surface area contributed by atoms with E-state index in [1.54, 1.807) is 0 Å². The van der Waals surface area contributed by atoms with Gasteiger partial charge in [-0.2, -0.15) is 4.31 Å². The van der Waals surface area contributed by atoms with Gasteiger partial charge in [0.1, 0.15) is 5.54 Å². The molecule has 0 saturated carbocycles. The standard InChI is InChI=1S/C15H10F4N2O4S/c16-10-5-3-4-9(13(10)17)15(14(18)19)8-20(15)26(24,25)12-7-2-1-6-11(12)21(22)23/h1-7,14H,8H2/t15-,20?/m0/s1. The first-order chi connectivity index (χ1) is 12.1. The first-order valence-corrected chi connectivity index (χ1v) is 8.57. The quantitative estimate of drug-likeness (QED) is 0.340. The molecule has 1 unspecified atom stereocenters. The van der Waals surface area contributed by atoms with Crippen LogP contribution in [0.4, 0.5) is 23.2 Å². The average Bonchev–Trinajstić information content (AvgIpc) is 3.35. The lowest BCUT2D eigenvalue weighted by atomic mass is 9.99. The molecule has 0 amide bonds. The second-order valence-corrected chi connectivity index (χ2v) is 7.39. The fourth-order valence-corrected chi connectivity index (χ4v) is 4.65. The highest BCUT2D eigenvalue weighted by atomic mass is 32.2. The molecule has 1 fully saturated rings. The van der Waals surface area contributed by atoms with Crippen molar-refractivity contribution in [1.29, 1.82) is 0 Å². The fourth-order valence-electron chi connectivity index (χ4n) is 2.78. The Kier molecular flexibility index (Phi) is 4.23. The first kappa shape index (κ1) is 18.3. The van der Waals surface area contributed by atoms with E-state index in [-0.39, 0.29) is 4.31 Å². The van der Waals surface area contributed by atoms with Gasteiger partial charge in [0.05, 0.1) is 4.92 Å². The second-order valence-electron chi connectivity index (χ2n) is 5.56. The third-order valence-electron chi connectivity index (χ3n) is 4.14. The average molecular weight is 390 g/mol. The molecule has 0 spiro atoms. The number of hydrogen-bond acceptors (Lipinski definition) is 4. The molecule has 0 radical (unpaired) electrons. The topological polar surface area (TPSA) is 80.3 Å². The van der Waals surface area contributed by atoms with Crippen molar-refractivity contribution in [2.24, 2.45) is 0 Å². The smallest absolute Gasteiger partial charge is 0.258 e. The molecular formula is C15H10F4N2O4S. The number of benzene rings is 2. The molecule has 138 valence electrons. The number of nitro benzene ring substituents is 1. The Balaban J connectivity index is 2.14. The van der Waals surface area contributed by atoms with Crippen LogP contribution in [-0.2, 0) is 15.6 Å². The van der Waals surface area contributed by atoms with E-state index in [0.717, 1.165) is 24.3 Å². The molecule has 0 N–H and O–H groups in total. The van der Waals surface area contributed by atoms with Gasteiger partial charge in [-0.05, 0) is 12.1 Å². The van der Waals surface area contributed by atoms with Crippen LogP contribution in [0, 0.1) is 21.7 Å². The molecule has 1 aliphatic heterocycles. The molecule has 3 rings (SSSR count). The molecule has 2 aromatic rings. The molecule has 1 saturated heterocycles. The highest BCUT2D eigenvalue weighted by molar-refractivity contribution is 7.89. The van der Waals surface area contributed by atoms with Gasteiger partial charge >= 0.3 is 0 Å². The van der Waals surface area contributed by atoms with Gasteiger partial charge in [-0.15, -0.1) is 0 Å². The first-order valence-electron chi connectivity index (χ1n) is 7.13. The van der Waals surface area contributed by atoms with Crippen LogP contribution in [0.1, 0.15) is 5.56 Å². The van der Waals surface area contributed by atoms with Crippen LogP contribution in [0.5, 0.6) is 0 Å². The summed E-state index contributed by atoms with van der Waals surface area (Å²) in [5.41, 5.74) is -4.24. The Morgan fingerprint density at radius 1 is 1.12 bits per heavy atom. The Morgan fingerprint density at radius 2 is 1.77 bits per heavy atom. The minimum Gasteiger partial charge on any atom is -0.258 e. The molecule has 0 aromatic heterocycles. The largest absolute Gasteiger partial charge is 0.289 e. The van der Waals surface area contributed by atoms with E-state index >= 15 is 0 Å². The number of hydrogen-bond donors (Lipinski definition) is 0. The van der Waals surface area contributed by atoms with Crippen molar-refractivity contribution in [2.45, 2.75) is 16.9 Å². The van der Waals surface area contributed by atoms with Crippen molar-refractivity contribution in [2.75, 3.05) is 6.54 Å². The van der Waals surface area contributed by atoms with Crippen LogP contribution >= 0.6 is 0 Å². The molecule has 1 aliphatic rings. The SMILES string of the molecule is O=[N+]([O-])c1ccccc1S(=O)(=O)N1C[C@]1(c1cccc(F)c1F)C(F)F. The van der Waals surface area contributed by atoms with E-state index in [1.165, 1.54) is 12.1 Å². The normalized spacial score (nSPS) is 22.4. The maximum Gasteiger partial charge on any atom is 0.289 e. The molecule has 1 heterocycles. The van der Waals surface area contributed by atoms with Crippen LogP contribution in [0.3, 0.4) is 0 Å². The van der Waals surface area contributed by atoms with Crippen molar-refractivity contribution in [1.82, 2.24) is 4.31 Å². The van der Waals surface area contributed by atoms with E-state index < -0.39 is 61.2 Å². The summed E-state index contributed by atoms with van der Waals surface area (Å²) in [4.78, 5) is 9.27. The third kappa shape index (κ3) is 2.54. The maximum absolute atomic E-state index is 14.0. The minimum atomic E-state index is -4.75. The summed E-state index contributed by atoms with van der Waals surface area (Å²) in [6.45, 7) is -0.834. The van der Waals surface area contributed by atoms with Crippen LogP contribution < -0.4 is 0 Å². The number of sulfonamides is 1. The number of nitrogens with zero attached hydrogens (tertiary/aromatic N) is 2. The lowest BCUT2D eigenvalue weighted by Gasteiger charge is -2.18. The Hall–Kier alpha value is -2.53. The summed E-state index contributed by atoms with van der Waals surface area (Å²) in [5, 5.41) is 11.0. The van der Waals surface area contributed by atoms with E-state index in [1.807, 2.05) is 0 Å². The fraction of sp³-hybridized carbons (Fsp3) is 0.200. The minimum absolute atomic E-state index is 0.241. The van der Waals surface area contributed by atoms with E-state index in [0.29, 0.717) is 6.07 Å². The van der Waals surface area contributed by atoms with Gasteiger partial charge in [0.25, 0.3) is 22.1 Å². The van der Waals surface area contributed by atoms with Crippen molar-refractivity contribution in [3.63, 3.8) is 0 Å². The molecule has 2 aromatic carbocycles. The summed E-state index contributed by atoms with van der Waals surface area (Å²) in [7, 11) is -4.75. The Bertz CT molecular complexity index is 999. The van der Waals surface area contributed by atoms with Gasteiger partial charge in [-0.3, -0.25) is 10.1 Å². The lowest BCUT2D eigenvalue weighted by molar-refractivity contribution is -0.387. The van der Waals surface area contributed by atoms with Crippen molar-refractivity contribution >= 4 is 15.7 Å². The van der Waals surface area contributed by atoms with Crippen molar-refractivity contribution in [3.05, 3.63) is 69.8 Å². The molecule has 0 bridgehead atoms. The number of para-hydroxylation sites is 1. The molecule has 2 atom stereocenters. The van der Waals surface area contributed by atoms with Crippen LogP contribution in [0.15, 0.2) is 47.4 Å². The summed E-state index contributed by atoms with van der Waals surface area (Å²) >= 11 is 0. The molecule has 6 nitrogen and oxygen atoms in total. The molecular weight excluding hydrogens is 380 g/mol. The number of halogens is 4. The predicted molar refractivity (Wildman–Crippen MR) is 81.0 cm³/mol. The van der Waals surface area contributed by atoms with Gasteiger partial charge in [0.2, 0.25) is 0 Å². The van der Waals surface area contributed by atoms with Gasteiger partial charge < -0.3 is 0 Å². The van der Waals surface area contributed by atoms with E-state index in [9.17, 15) is 36.1 Å². The van der Waals surface area contributed by atoms with Crippen LogP contribution in [0.25, 0.3) is 0 Å². The van der Waals surface area contributed by atoms with E-state index in [2.05, 4.69) is 0 Å². The zero-order valence-corrected chi connectivity index (χ0v) is 13.6. The highest BCUT2D eigenvalue weighted by Gasteiger charge is 2.67. The van der Waals surface area contributed by atoms with Crippen LogP contribution in [-0.4, -0.2) is 30.6 Å². The predicted octanol–water partition coefficient (Wildman–Crippen LogP) is 3.04. The highest BCUT2D eigenvalue weighted by Crippen LogP contribution is 2.52. The Morgan fingerprint density at radius 3 is 2.38 bits per heavy atom. The molecule has 0 aliphatic carbocycles. The maximum atomic E-state index is 14.0. The summed E-state index contributed by atoms with van der Waals surface area (Å²) < 4.78 is 80.5. The second kappa shape index (κ2) is 6.02. The van der Waals surface area contributed by atoms with Gasteiger partial charge in [-0.25, -0.2) is 26.0 Å². The summed E-state index contributed by atoms with van der Waals surface area (Å²) in [5.74, 6) is -2.99. The van der Waals surface area contributed by atoms with Gasteiger partial charge in [0.15, 0.2) is 16.5 Å². The van der Waals surface area contributed by atoms with Crippen molar-refractivity contribution < 1.29 is 30.9 Å². The Labute approximate surface area is 144 Å². The zero-order valence-electron chi connectivity index (χ0n) is 12.8. The monoisotopic (exact) mass is 390 g/mol. The van der Waals surface area contributed by atoms with Crippen LogP contribution in [0.2, 0.25) is 0 Å². The summed E-state index contributed by atoms with van der Waals surface area (Å²) in [6, 6.07) is 6.75. The zero-order chi connectivity index (χ0) is 19.3. The van der Waals surface area contributed by atoms with Gasteiger partial charge in [0, 0.05) is 18.2 Å². The molecule has 11 heteroatoms. The lowest BCUT2D eigenvalue weighted by Crippen LogP contribution is -2.30. The summed E-state index contributed by atoms with van der Waals surface area (Å²) in [6.07, 6.45) is -3.38.